The van der Waals surface area contributed by atoms with E-state index in [1.807, 2.05) is 6.92 Å². The Kier molecular flexibility index (Phi) is 5.48. The minimum Gasteiger partial charge on any atom is -0.349 e. The smallest absolute Gasteiger partial charge is 0.256 e. The maximum atomic E-state index is 11.9. The molecular formula is C12H20ClN3O. The van der Waals surface area contributed by atoms with Crippen LogP contribution in [0, 0.1) is 0 Å². The number of aromatic nitrogens is 2. The fourth-order valence-corrected chi connectivity index (χ4v) is 1.83. The fraction of sp³-hybridized carbons (Fsp3) is 0.667. The Hall–Kier alpha value is -1.03. The normalized spacial score (nSPS) is 12.5. The Bertz CT molecular complexity index is 376. The van der Waals surface area contributed by atoms with Gasteiger partial charge in [0.05, 0.1) is 11.8 Å². The highest BCUT2D eigenvalue weighted by Crippen LogP contribution is 2.14. The molecule has 5 heteroatoms. The number of hydrogen-bond acceptors (Lipinski definition) is 2. The van der Waals surface area contributed by atoms with E-state index < -0.39 is 0 Å². The van der Waals surface area contributed by atoms with Crippen LogP contribution in [0.25, 0.3) is 0 Å². The van der Waals surface area contributed by atoms with Gasteiger partial charge in [0.25, 0.3) is 5.91 Å². The Balaban J connectivity index is 2.46. The third-order valence-electron chi connectivity index (χ3n) is 2.73. The molecule has 0 spiro atoms. The number of nitrogens with one attached hydrogen (secondary N) is 1. The second kappa shape index (κ2) is 6.64. The highest BCUT2D eigenvalue weighted by molar-refractivity contribution is 6.32. The van der Waals surface area contributed by atoms with Crippen molar-refractivity contribution in [3.8, 4) is 0 Å². The van der Waals surface area contributed by atoms with Crippen LogP contribution < -0.4 is 5.32 Å². The van der Waals surface area contributed by atoms with E-state index in [0.717, 1.165) is 12.8 Å². The lowest BCUT2D eigenvalue weighted by Gasteiger charge is -2.12. The lowest BCUT2D eigenvalue weighted by molar-refractivity contribution is 0.0938. The minimum atomic E-state index is -0.146. The molecule has 1 amide bonds. The zero-order valence-electron chi connectivity index (χ0n) is 10.7. The van der Waals surface area contributed by atoms with Crippen LogP contribution in [-0.2, 0) is 7.05 Å². The van der Waals surface area contributed by atoms with Gasteiger partial charge in [-0.05, 0) is 13.3 Å². The van der Waals surface area contributed by atoms with Crippen molar-refractivity contribution in [1.29, 1.82) is 0 Å². The molecule has 0 bridgehead atoms. The molecule has 1 rings (SSSR count). The van der Waals surface area contributed by atoms with E-state index in [-0.39, 0.29) is 11.9 Å². The van der Waals surface area contributed by atoms with Gasteiger partial charge in [-0.25, -0.2) is 0 Å². The van der Waals surface area contributed by atoms with Gasteiger partial charge in [0.15, 0.2) is 0 Å². The summed E-state index contributed by atoms with van der Waals surface area (Å²) in [5.41, 5.74) is 0.441. The zero-order valence-corrected chi connectivity index (χ0v) is 11.4. The van der Waals surface area contributed by atoms with E-state index in [1.54, 1.807) is 7.05 Å². The molecule has 96 valence electrons. The van der Waals surface area contributed by atoms with Crippen molar-refractivity contribution in [3.05, 3.63) is 16.9 Å². The summed E-state index contributed by atoms with van der Waals surface area (Å²) in [5.74, 6) is -0.146. The zero-order chi connectivity index (χ0) is 12.8. The molecule has 0 aliphatic heterocycles. The second-order valence-electron chi connectivity index (χ2n) is 4.34. The van der Waals surface area contributed by atoms with Crippen LogP contribution in [0.1, 0.15) is 49.9 Å². The van der Waals surface area contributed by atoms with E-state index in [4.69, 9.17) is 11.6 Å². The van der Waals surface area contributed by atoms with Crippen molar-refractivity contribution in [1.82, 2.24) is 15.1 Å². The summed E-state index contributed by atoms with van der Waals surface area (Å²) in [5, 5.41) is 7.25. The maximum Gasteiger partial charge on any atom is 0.256 e. The first kappa shape index (κ1) is 14.0. The molecule has 0 saturated heterocycles. The molecule has 1 aromatic heterocycles. The van der Waals surface area contributed by atoms with Crippen LogP contribution in [-0.4, -0.2) is 21.7 Å². The monoisotopic (exact) mass is 257 g/mol. The largest absolute Gasteiger partial charge is 0.349 e. The lowest BCUT2D eigenvalue weighted by Crippen LogP contribution is -2.32. The first-order chi connectivity index (χ1) is 8.06. The quantitative estimate of drug-likeness (QED) is 0.797. The number of carbonyl (C=O) groups is 1. The van der Waals surface area contributed by atoms with Crippen molar-refractivity contribution in [2.24, 2.45) is 7.05 Å². The summed E-state index contributed by atoms with van der Waals surface area (Å²) >= 11 is 5.95. The van der Waals surface area contributed by atoms with E-state index in [1.165, 1.54) is 23.7 Å². The molecule has 1 heterocycles. The lowest BCUT2D eigenvalue weighted by atomic mass is 10.1. The van der Waals surface area contributed by atoms with Crippen molar-refractivity contribution >= 4 is 17.5 Å². The first-order valence-corrected chi connectivity index (χ1v) is 6.42. The van der Waals surface area contributed by atoms with Gasteiger partial charge in [0.2, 0.25) is 0 Å². The van der Waals surface area contributed by atoms with Crippen molar-refractivity contribution in [2.75, 3.05) is 0 Å². The summed E-state index contributed by atoms with van der Waals surface area (Å²) in [4.78, 5) is 11.9. The number of hydrogen-bond donors (Lipinski definition) is 1. The molecule has 0 aliphatic carbocycles. The molecule has 0 fully saturated rings. The van der Waals surface area contributed by atoms with E-state index in [9.17, 15) is 4.79 Å². The number of carbonyl (C=O) groups excluding carboxylic acids is 1. The minimum absolute atomic E-state index is 0.146. The van der Waals surface area contributed by atoms with Gasteiger partial charge in [0.1, 0.15) is 5.15 Å². The number of amides is 1. The summed E-state index contributed by atoms with van der Waals surface area (Å²) < 4.78 is 1.48. The molecule has 0 aliphatic rings. The molecule has 4 nitrogen and oxygen atoms in total. The molecule has 1 aromatic rings. The van der Waals surface area contributed by atoms with Crippen molar-refractivity contribution in [3.63, 3.8) is 0 Å². The summed E-state index contributed by atoms with van der Waals surface area (Å²) in [6, 6.07) is 0.172. The van der Waals surface area contributed by atoms with Crippen LogP contribution >= 0.6 is 11.6 Å². The third kappa shape index (κ3) is 4.04. The second-order valence-corrected chi connectivity index (χ2v) is 4.70. The van der Waals surface area contributed by atoms with E-state index in [2.05, 4.69) is 17.3 Å². The molecule has 17 heavy (non-hydrogen) atoms. The van der Waals surface area contributed by atoms with Gasteiger partial charge in [-0.2, -0.15) is 5.10 Å². The summed E-state index contributed by atoms with van der Waals surface area (Å²) in [7, 11) is 1.71. The molecule has 0 aromatic carbocycles. The predicted octanol–water partition coefficient (Wildman–Crippen LogP) is 2.77. The van der Waals surface area contributed by atoms with Gasteiger partial charge in [-0.1, -0.05) is 37.8 Å². The molecule has 1 atom stereocenters. The van der Waals surface area contributed by atoms with Gasteiger partial charge < -0.3 is 5.32 Å². The number of nitrogens with zero attached hydrogens (tertiary/aromatic N) is 2. The topological polar surface area (TPSA) is 46.9 Å². The molecule has 1 N–H and O–H groups in total. The number of aryl methyl sites for hydroxylation is 1. The average Bonchev–Trinajstić information content (AvgIpc) is 2.60. The molecule has 0 saturated carbocycles. The van der Waals surface area contributed by atoms with Gasteiger partial charge in [0, 0.05) is 13.1 Å². The number of rotatable bonds is 6. The standard InChI is InChI=1S/C12H20ClN3O/c1-4-5-6-7-9(2)15-12(17)10-8-14-16(3)11(10)13/h8-9H,4-7H2,1-3H3,(H,15,17). The Morgan fingerprint density at radius 1 is 1.59 bits per heavy atom. The van der Waals surface area contributed by atoms with Crippen molar-refractivity contribution in [2.45, 2.75) is 45.6 Å². The molecule has 1 unspecified atom stereocenters. The third-order valence-corrected chi connectivity index (χ3v) is 3.18. The van der Waals surface area contributed by atoms with E-state index in [0.29, 0.717) is 10.7 Å². The first-order valence-electron chi connectivity index (χ1n) is 6.04. The van der Waals surface area contributed by atoms with Crippen LogP contribution in [0.3, 0.4) is 0 Å². The maximum absolute atomic E-state index is 11.9. The Morgan fingerprint density at radius 3 is 2.82 bits per heavy atom. The average molecular weight is 258 g/mol. The van der Waals surface area contributed by atoms with Gasteiger partial charge >= 0.3 is 0 Å². The SMILES string of the molecule is CCCCCC(C)NC(=O)c1cnn(C)c1Cl. The van der Waals surface area contributed by atoms with Crippen LogP contribution in [0.15, 0.2) is 6.20 Å². The van der Waals surface area contributed by atoms with Crippen molar-refractivity contribution < 1.29 is 4.79 Å². The number of unbranched alkanes of at least 4 members (excludes halogenated alkanes) is 2. The van der Waals surface area contributed by atoms with Crippen LogP contribution in [0.4, 0.5) is 0 Å². The van der Waals surface area contributed by atoms with Crippen LogP contribution in [0.2, 0.25) is 5.15 Å². The van der Waals surface area contributed by atoms with E-state index >= 15 is 0 Å². The molecular weight excluding hydrogens is 238 g/mol. The Morgan fingerprint density at radius 2 is 2.29 bits per heavy atom. The number of halogens is 1. The van der Waals surface area contributed by atoms with Gasteiger partial charge in [-0.3, -0.25) is 9.48 Å². The highest BCUT2D eigenvalue weighted by atomic mass is 35.5. The summed E-state index contributed by atoms with van der Waals surface area (Å²) in [6.45, 7) is 4.18. The van der Waals surface area contributed by atoms with Gasteiger partial charge in [-0.15, -0.1) is 0 Å². The fourth-order valence-electron chi connectivity index (χ4n) is 1.65. The van der Waals surface area contributed by atoms with Crippen LogP contribution in [0.5, 0.6) is 0 Å². The Labute approximate surface area is 107 Å². The predicted molar refractivity (Wildman–Crippen MR) is 69.3 cm³/mol. The molecule has 0 radical (unpaired) electrons. The highest BCUT2D eigenvalue weighted by Gasteiger charge is 2.15. The summed E-state index contributed by atoms with van der Waals surface area (Å²) in [6.07, 6.45) is 6.02.